The highest BCUT2D eigenvalue weighted by Crippen LogP contribution is 2.73. The molecule has 0 aromatic heterocycles. The van der Waals surface area contributed by atoms with E-state index >= 15 is 0 Å². The molecule has 3 nitrogen and oxygen atoms in total. The van der Waals surface area contributed by atoms with Gasteiger partial charge in [0.15, 0.2) is 0 Å². The molecule has 0 bridgehead atoms. The highest BCUT2D eigenvalue weighted by atomic mass is 32.2. The Hall–Kier alpha value is 1.98. The van der Waals surface area contributed by atoms with Crippen LogP contribution in [-0.4, -0.2) is 132 Å². The first-order valence-electron chi connectivity index (χ1n) is 67.6. The van der Waals surface area contributed by atoms with Crippen molar-refractivity contribution < 1.29 is 0 Å². The van der Waals surface area contributed by atoms with Gasteiger partial charge in [0.2, 0.25) is 0 Å². The van der Waals surface area contributed by atoms with Crippen molar-refractivity contribution >= 4 is 70.6 Å². The quantitative estimate of drug-likeness (QED) is 0.167. The molecule has 6 saturated heterocycles. The highest BCUT2D eigenvalue weighted by molar-refractivity contribution is 8.03. The van der Waals surface area contributed by atoms with Crippen LogP contribution in [0.3, 0.4) is 0 Å². The van der Waals surface area contributed by atoms with Crippen molar-refractivity contribution in [2.24, 2.45) is 172 Å². The molecule has 0 amide bonds. The van der Waals surface area contributed by atoms with Crippen LogP contribution in [0.15, 0.2) is 0 Å². The van der Waals surface area contributed by atoms with E-state index in [-0.39, 0.29) is 0 Å². The Labute approximate surface area is 900 Å². The Morgan fingerprint density at radius 3 is 0.930 bits per heavy atom. The van der Waals surface area contributed by atoms with Gasteiger partial charge in [0.05, 0.1) is 0 Å². The Bertz CT molecular complexity index is 3870. The number of rotatable bonds is 14. The summed E-state index contributed by atoms with van der Waals surface area (Å²) < 4.78 is 0. The highest BCUT2D eigenvalue weighted by Gasteiger charge is 2.69. The number of hydrogen-bond acceptors (Lipinski definition) is 9. The molecule has 9 heteroatoms. The van der Waals surface area contributed by atoms with Gasteiger partial charge in [-0.1, -0.05) is 251 Å². The third-order valence-electron chi connectivity index (χ3n) is 53.5. The van der Waals surface area contributed by atoms with E-state index in [0.29, 0.717) is 0 Å². The van der Waals surface area contributed by atoms with Crippen LogP contribution in [0, 0.1) is 172 Å². The lowest BCUT2D eigenvalue weighted by molar-refractivity contribution is -0.0490. The van der Waals surface area contributed by atoms with Crippen LogP contribution in [0.2, 0.25) is 0 Å². The first-order chi connectivity index (χ1) is 70.3. The fourth-order valence-corrected chi connectivity index (χ4v) is 61.7. The fourth-order valence-electron chi connectivity index (χ4n) is 47.5. The molecule has 6 heterocycles. The molecule has 23 saturated carbocycles. The van der Waals surface area contributed by atoms with E-state index in [2.05, 4.69) is 92.2 Å². The Morgan fingerprint density at radius 2 is 0.415 bits per heavy atom. The number of thioether (sulfide) groups is 6. The van der Waals surface area contributed by atoms with Crippen LogP contribution in [-0.2, 0) is 0 Å². The maximum atomic E-state index is 3.52. The van der Waals surface area contributed by atoms with E-state index in [1.54, 1.807) is 405 Å². The maximum Gasteiger partial charge on any atom is 0.0240 e. The Kier molecular flexibility index (Phi) is 33.4. The molecule has 29 fully saturated rings. The number of nitrogens with zero attached hydrogens (tertiary/aromatic N) is 3. The van der Waals surface area contributed by atoms with Gasteiger partial charge < -0.3 is 0 Å². The summed E-state index contributed by atoms with van der Waals surface area (Å²) in [5.74, 6) is 31.4. The molecule has 6 aliphatic heterocycles. The minimum absolute atomic E-state index is 0.915. The van der Waals surface area contributed by atoms with Crippen molar-refractivity contribution in [3.8, 4) is 0 Å². The summed E-state index contributed by atoms with van der Waals surface area (Å²) in [6.45, 7) is 2.50. The average Bonchev–Trinajstić information content (AvgIpc) is 1.55. The summed E-state index contributed by atoms with van der Waals surface area (Å²) >= 11 is 15.7. The van der Waals surface area contributed by atoms with Gasteiger partial charge in [-0.15, -0.1) is 0 Å². The zero-order chi connectivity index (χ0) is 93.8. The molecular weight excluding hydrogens is 1830 g/mol. The summed E-state index contributed by atoms with van der Waals surface area (Å²) in [5.41, 5.74) is 0. The minimum atomic E-state index is 0.915. The molecule has 0 aromatic rings. The topological polar surface area (TPSA) is 9.72 Å². The van der Waals surface area contributed by atoms with Gasteiger partial charge in [0.1, 0.15) is 0 Å². The number of hydrogen-bond donors (Lipinski definition) is 0. The lowest BCUT2D eigenvalue weighted by atomic mass is 9.55. The van der Waals surface area contributed by atoms with Crippen LogP contribution in [0.5, 0.6) is 0 Å². The molecule has 0 spiro atoms. The molecule has 34 atom stereocenters. The second-order valence-electron chi connectivity index (χ2n) is 59.4. The average molecular weight is 2050 g/mol. The van der Waals surface area contributed by atoms with E-state index in [9.17, 15) is 0 Å². The fraction of sp³-hybridized carbons (Fsp3) is 1.00. The van der Waals surface area contributed by atoms with Gasteiger partial charge in [0, 0.05) is 117 Å². The van der Waals surface area contributed by atoms with Crippen molar-refractivity contribution in [3.63, 3.8) is 0 Å². The molecule has 29 aliphatic rings. The van der Waals surface area contributed by atoms with Gasteiger partial charge in [-0.2, -0.15) is 70.6 Å². The van der Waals surface area contributed by atoms with E-state index in [4.69, 9.17) is 0 Å². The number of fused-ring (bicyclic) bond motifs is 27. The minimum Gasteiger partial charge on any atom is -0.293 e. The second-order valence-corrected chi connectivity index (χ2v) is 67.9. The molecular formula is C133H217N3S6. The van der Waals surface area contributed by atoms with E-state index < -0.39 is 0 Å². The predicted octanol–water partition coefficient (Wildman–Crippen LogP) is 37.3. The van der Waals surface area contributed by atoms with Gasteiger partial charge in [-0.25, -0.2) is 0 Å². The standard InChI is InChI=1S/C50H81NS2.C46H75NS2.C37H61NS2/c1-2-11-32(12-3-1)33-21-25-37(26-22-33)51(38-27-23-35(24-28-38)40-19-10-15-34-13-4-6-16-39(34)40)44-31-36-14-5-7-17-41(36)47-43-29-30-46-48(49(43)53-50(44)47)42-18-8-9-20-45(42)52-46;1-3-12-30(13-4-1)32-22-26-34(27-23-32)47(35-28-24-33(25-29-35)31-14-5-2-6-15-31)40-20-11-19-39-42-36-16-7-8-17-37(36)45-43(46(42)49-44(39)40)38-18-9-10-21-41(38)48-45;1-24-14-16-25(17-15-24)26-18-20-28(21-19-26)38(27-8-3-2-4-9-27)32-12-7-11-29-30-22-23-34-35(37(30)40-36(29)32)31-10-5-6-13-33(31)39-34/h32-50H,1-31H2;30-46H,1-29H2;24-37H,2-23H2,1H3. The lowest BCUT2D eigenvalue weighted by Gasteiger charge is -2.56. The van der Waals surface area contributed by atoms with Crippen LogP contribution in [0.1, 0.15) is 533 Å². The molecule has 0 aromatic carbocycles. The first-order valence-corrected chi connectivity index (χ1v) is 73.2. The second kappa shape index (κ2) is 46.5. The Morgan fingerprint density at radius 1 is 0.134 bits per heavy atom. The summed E-state index contributed by atoms with van der Waals surface area (Å²) in [7, 11) is 0. The van der Waals surface area contributed by atoms with Gasteiger partial charge in [0.25, 0.3) is 0 Å². The van der Waals surface area contributed by atoms with E-state index in [1.807, 2.05) is 0 Å². The first kappa shape index (κ1) is 102. The monoisotopic (exact) mass is 2050 g/mol. The van der Waals surface area contributed by atoms with Crippen LogP contribution >= 0.6 is 70.6 Å². The summed E-state index contributed by atoms with van der Waals surface area (Å²) in [5, 5.41) is 12.3. The summed E-state index contributed by atoms with van der Waals surface area (Å²) in [6, 6.07) is 8.27. The Balaban J connectivity index is 0.000000108. The van der Waals surface area contributed by atoms with Crippen LogP contribution in [0.25, 0.3) is 0 Å². The normalized spacial score (nSPS) is 52.0. The van der Waals surface area contributed by atoms with Crippen molar-refractivity contribution in [2.75, 3.05) is 0 Å². The van der Waals surface area contributed by atoms with Gasteiger partial charge >= 0.3 is 0 Å². The van der Waals surface area contributed by atoms with Crippen molar-refractivity contribution in [2.45, 2.75) is 651 Å². The van der Waals surface area contributed by atoms with E-state index in [0.717, 1.165) is 289 Å². The smallest absolute Gasteiger partial charge is 0.0240 e. The van der Waals surface area contributed by atoms with Gasteiger partial charge in [-0.05, 0) is 454 Å². The van der Waals surface area contributed by atoms with Crippen molar-refractivity contribution in [1.82, 2.24) is 14.7 Å². The van der Waals surface area contributed by atoms with Crippen molar-refractivity contribution in [1.29, 1.82) is 0 Å². The zero-order valence-electron chi connectivity index (χ0n) is 91.6. The third-order valence-corrected chi connectivity index (χ3v) is 64.9. The zero-order valence-corrected chi connectivity index (χ0v) is 96.5. The van der Waals surface area contributed by atoms with Gasteiger partial charge in [-0.3, -0.25) is 14.7 Å². The SMILES string of the molecule is C1CCC(C2CCC(N(C3CCC(C4CCCC5CCCCC54)CC3)C3CC4CCCCC4C4C5CCC6SC7CCCCC7C6C5SC43)CC2)CC1.C1CCC(C2CCC(N(C3CCC(C4CCCCC4)CC3)C3CCCC4C3SC3C4C4CCCCC4C4SC5CCCCC5C43)CC2)CC1.CC1CCC(C2CCC(N(C3CCCCC3)C3CCCC4C5CCC6SC7CCCCC7C6C5SC43)CC2)CC1. The van der Waals surface area contributed by atoms with Crippen LogP contribution in [0.4, 0.5) is 0 Å². The molecule has 0 N–H and O–H groups in total. The maximum absolute atomic E-state index is 3.52. The summed E-state index contributed by atoms with van der Waals surface area (Å²) in [4.78, 5) is 10.3. The molecule has 23 aliphatic carbocycles. The molecule has 142 heavy (non-hydrogen) atoms. The van der Waals surface area contributed by atoms with Crippen LogP contribution < -0.4 is 0 Å². The third kappa shape index (κ3) is 20.4. The van der Waals surface area contributed by atoms with E-state index in [1.165, 1.54) is 122 Å². The molecule has 29 rings (SSSR count). The molecule has 800 valence electrons. The lowest BCUT2D eigenvalue weighted by Crippen LogP contribution is -2.60. The molecule has 34 unspecified atom stereocenters. The largest absolute Gasteiger partial charge is 0.293 e. The molecule has 0 radical (unpaired) electrons. The predicted molar refractivity (Wildman–Crippen MR) is 616 cm³/mol. The summed E-state index contributed by atoms with van der Waals surface area (Å²) in [6.07, 6.45) is 128. The van der Waals surface area contributed by atoms with Crippen molar-refractivity contribution in [3.05, 3.63) is 0 Å².